The molecular weight excluding hydrogens is 460 g/mol. The van der Waals surface area contributed by atoms with Crippen molar-refractivity contribution in [3.63, 3.8) is 0 Å². The van der Waals surface area contributed by atoms with Crippen molar-refractivity contribution in [2.24, 2.45) is 0 Å². The SMILES string of the molecule is COC(=O)CN(Cc1cc(OC)cc(OC)c1)C(=O)/C=C/c1ccc(N2CCCS2(=O)=O)cc1. The van der Waals surface area contributed by atoms with E-state index in [9.17, 15) is 18.0 Å². The molecule has 9 nitrogen and oxygen atoms in total. The summed E-state index contributed by atoms with van der Waals surface area (Å²) in [6, 6.07) is 12.1. The summed E-state index contributed by atoms with van der Waals surface area (Å²) in [7, 11) is 1.07. The predicted molar refractivity (Wildman–Crippen MR) is 128 cm³/mol. The van der Waals surface area contributed by atoms with Gasteiger partial charge in [-0.1, -0.05) is 12.1 Å². The number of rotatable bonds is 9. The average Bonchev–Trinajstić information content (AvgIpc) is 3.20. The first-order chi connectivity index (χ1) is 16.2. The number of benzene rings is 2. The van der Waals surface area contributed by atoms with E-state index in [0.717, 1.165) is 11.1 Å². The van der Waals surface area contributed by atoms with E-state index >= 15 is 0 Å². The van der Waals surface area contributed by atoms with Crippen LogP contribution in [0.15, 0.2) is 48.5 Å². The van der Waals surface area contributed by atoms with E-state index in [1.165, 1.54) is 36.6 Å². The molecule has 182 valence electrons. The number of amides is 1. The first-order valence-electron chi connectivity index (χ1n) is 10.6. The van der Waals surface area contributed by atoms with E-state index in [4.69, 9.17) is 14.2 Å². The monoisotopic (exact) mass is 488 g/mol. The van der Waals surface area contributed by atoms with Crippen LogP contribution < -0.4 is 13.8 Å². The molecule has 0 radical (unpaired) electrons. The van der Waals surface area contributed by atoms with Crippen molar-refractivity contribution in [2.45, 2.75) is 13.0 Å². The van der Waals surface area contributed by atoms with E-state index in [-0.39, 0.29) is 18.8 Å². The third-order valence-corrected chi connectivity index (χ3v) is 7.21. The van der Waals surface area contributed by atoms with Crippen molar-refractivity contribution in [2.75, 3.05) is 44.5 Å². The van der Waals surface area contributed by atoms with Crippen LogP contribution in [0.1, 0.15) is 17.5 Å². The zero-order valence-corrected chi connectivity index (χ0v) is 20.2. The van der Waals surface area contributed by atoms with Gasteiger partial charge in [0.05, 0.1) is 32.8 Å². The highest BCUT2D eigenvalue weighted by molar-refractivity contribution is 7.93. The maximum atomic E-state index is 12.9. The number of hydrogen-bond acceptors (Lipinski definition) is 7. The Morgan fingerprint density at radius 2 is 1.68 bits per heavy atom. The van der Waals surface area contributed by atoms with Crippen molar-refractivity contribution in [3.05, 3.63) is 59.7 Å². The minimum Gasteiger partial charge on any atom is -0.497 e. The number of carbonyl (C=O) groups is 2. The number of esters is 1. The Morgan fingerprint density at radius 3 is 2.21 bits per heavy atom. The molecule has 0 spiro atoms. The van der Waals surface area contributed by atoms with Gasteiger partial charge in [0.1, 0.15) is 18.0 Å². The van der Waals surface area contributed by atoms with Crippen LogP contribution in [0, 0.1) is 0 Å². The third-order valence-electron chi connectivity index (χ3n) is 5.34. The van der Waals surface area contributed by atoms with Gasteiger partial charge in [-0.15, -0.1) is 0 Å². The van der Waals surface area contributed by atoms with E-state index < -0.39 is 21.9 Å². The molecule has 1 aliphatic rings. The molecule has 0 aromatic heterocycles. The van der Waals surface area contributed by atoms with Gasteiger partial charge in [-0.3, -0.25) is 13.9 Å². The molecule has 2 aromatic rings. The molecule has 2 aromatic carbocycles. The number of carbonyl (C=O) groups excluding carboxylic acids is 2. The van der Waals surface area contributed by atoms with Gasteiger partial charge in [0.25, 0.3) is 0 Å². The smallest absolute Gasteiger partial charge is 0.325 e. The molecular formula is C24H28N2O7S. The molecule has 0 saturated carbocycles. The first kappa shape index (κ1) is 25.1. The second-order valence-electron chi connectivity index (χ2n) is 7.66. The van der Waals surface area contributed by atoms with Gasteiger partial charge in [-0.25, -0.2) is 8.42 Å². The van der Waals surface area contributed by atoms with E-state index in [1.54, 1.807) is 48.5 Å². The molecule has 1 aliphatic heterocycles. The van der Waals surface area contributed by atoms with Gasteiger partial charge in [0.15, 0.2) is 0 Å². The van der Waals surface area contributed by atoms with Gasteiger partial charge >= 0.3 is 5.97 Å². The van der Waals surface area contributed by atoms with E-state index in [0.29, 0.717) is 30.2 Å². The first-order valence-corrected chi connectivity index (χ1v) is 12.2. The Bertz CT molecular complexity index is 1140. The summed E-state index contributed by atoms with van der Waals surface area (Å²) in [5, 5.41) is 0. The van der Waals surface area contributed by atoms with Crippen LogP contribution in [0.3, 0.4) is 0 Å². The van der Waals surface area contributed by atoms with Gasteiger partial charge in [0.2, 0.25) is 15.9 Å². The maximum Gasteiger partial charge on any atom is 0.325 e. The van der Waals surface area contributed by atoms with Crippen LogP contribution in [-0.4, -0.2) is 65.4 Å². The maximum absolute atomic E-state index is 12.9. The normalized spacial score (nSPS) is 14.7. The Labute approximate surface area is 199 Å². The lowest BCUT2D eigenvalue weighted by atomic mass is 10.1. The molecule has 0 unspecified atom stereocenters. The van der Waals surface area contributed by atoms with Crippen LogP contribution in [0.25, 0.3) is 6.08 Å². The largest absolute Gasteiger partial charge is 0.497 e. The van der Waals surface area contributed by atoms with E-state index in [2.05, 4.69) is 0 Å². The molecule has 0 aliphatic carbocycles. The minimum atomic E-state index is -3.25. The topological polar surface area (TPSA) is 102 Å². The number of ether oxygens (including phenoxy) is 3. The number of sulfonamides is 1. The molecule has 1 fully saturated rings. The standard InChI is InChI=1S/C24H28N2O7S/c1-31-21-13-19(14-22(15-21)32-2)16-25(17-24(28)33-3)23(27)10-7-18-5-8-20(9-6-18)26-11-4-12-34(26,29)30/h5-10,13-15H,4,11-12,16-17H2,1-3H3/b10-7+. The fourth-order valence-corrected chi connectivity index (χ4v) is 5.13. The number of nitrogens with zero attached hydrogens (tertiary/aromatic N) is 2. The van der Waals surface area contributed by atoms with Gasteiger partial charge in [-0.2, -0.15) is 0 Å². The van der Waals surface area contributed by atoms with Gasteiger partial charge < -0.3 is 19.1 Å². The third kappa shape index (κ3) is 6.28. The number of hydrogen-bond donors (Lipinski definition) is 0. The fraction of sp³-hybridized carbons (Fsp3) is 0.333. The molecule has 0 atom stereocenters. The lowest BCUT2D eigenvalue weighted by Gasteiger charge is -2.21. The van der Waals surface area contributed by atoms with Crippen LogP contribution in [0.5, 0.6) is 11.5 Å². The summed E-state index contributed by atoms with van der Waals surface area (Å²) in [6.07, 6.45) is 3.58. The van der Waals surface area contributed by atoms with Crippen LogP contribution >= 0.6 is 0 Å². The Morgan fingerprint density at radius 1 is 1.03 bits per heavy atom. The Kier molecular flexibility index (Phi) is 8.17. The molecule has 1 heterocycles. The summed E-state index contributed by atoms with van der Waals surface area (Å²) in [5.74, 6) is 0.343. The second-order valence-corrected chi connectivity index (χ2v) is 9.67. The van der Waals surface area contributed by atoms with Gasteiger partial charge in [-0.05, 0) is 47.9 Å². The van der Waals surface area contributed by atoms with Crippen LogP contribution in [0.2, 0.25) is 0 Å². The average molecular weight is 489 g/mol. The van der Waals surface area contributed by atoms with E-state index in [1.807, 2.05) is 0 Å². The minimum absolute atomic E-state index is 0.136. The van der Waals surface area contributed by atoms with Crippen molar-refractivity contribution in [3.8, 4) is 11.5 Å². The fourth-order valence-electron chi connectivity index (χ4n) is 3.56. The summed E-state index contributed by atoms with van der Waals surface area (Å²) in [4.78, 5) is 26.2. The summed E-state index contributed by atoms with van der Waals surface area (Å²) >= 11 is 0. The van der Waals surface area contributed by atoms with Crippen molar-refractivity contribution < 1.29 is 32.2 Å². The summed E-state index contributed by atoms with van der Waals surface area (Å²) < 4.78 is 40.9. The molecule has 1 saturated heterocycles. The summed E-state index contributed by atoms with van der Waals surface area (Å²) in [6.45, 7) is 0.371. The molecule has 0 bridgehead atoms. The number of anilines is 1. The zero-order valence-electron chi connectivity index (χ0n) is 19.4. The zero-order chi connectivity index (χ0) is 24.7. The van der Waals surface area contributed by atoms with Crippen LogP contribution in [-0.2, 0) is 30.9 Å². The lowest BCUT2D eigenvalue weighted by molar-refractivity contribution is -0.145. The molecule has 0 N–H and O–H groups in total. The predicted octanol–water partition coefficient (Wildman–Crippen LogP) is 2.46. The van der Waals surface area contributed by atoms with Crippen molar-refractivity contribution >= 4 is 33.7 Å². The molecule has 1 amide bonds. The second kappa shape index (κ2) is 11.1. The Balaban J connectivity index is 1.76. The van der Waals surface area contributed by atoms with Crippen molar-refractivity contribution in [1.82, 2.24) is 4.90 Å². The summed E-state index contributed by atoms with van der Waals surface area (Å²) in [5.41, 5.74) is 2.04. The quantitative estimate of drug-likeness (QED) is 0.395. The molecule has 3 rings (SSSR count). The molecule has 34 heavy (non-hydrogen) atoms. The van der Waals surface area contributed by atoms with Crippen molar-refractivity contribution in [1.29, 1.82) is 0 Å². The lowest BCUT2D eigenvalue weighted by Crippen LogP contribution is -2.34. The Hall–Kier alpha value is -3.53. The molecule has 10 heteroatoms. The van der Waals surface area contributed by atoms with Gasteiger partial charge in [0, 0.05) is 25.2 Å². The highest BCUT2D eigenvalue weighted by atomic mass is 32.2. The highest BCUT2D eigenvalue weighted by Crippen LogP contribution is 2.25. The highest BCUT2D eigenvalue weighted by Gasteiger charge is 2.28. The van der Waals surface area contributed by atoms with Crippen LogP contribution in [0.4, 0.5) is 5.69 Å². The number of methoxy groups -OCH3 is 3.